The predicted octanol–water partition coefficient (Wildman–Crippen LogP) is 2.50. The fraction of sp³-hybridized carbons (Fsp3) is 0.562. The van der Waals surface area contributed by atoms with Gasteiger partial charge in [-0.1, -0.05) is 12.8 Å². The second kappa shape index (κ2) is 5.48. The summed E-state index contributed by atoms with van der Waals surface area (Å²) in [4.78, 5) is 10.3. The van der Waals surface area contributed by atoms with Crippen LogP contribution < -0.4 is 5.32 Å². The van der Waals surface area contributed by atoms with E-state index in [9.17, 15) is 22.9 Å². The van der Waals surface area contributed by atoms with Gasteiger partial charge in [-0.2, -0.15) is 0 Å². The number of amidine groups is 1. The first-order valence-electron chi connectivity index (χ1n) is 8.02. The molecule has 1 aliphatic heterocycles. The highest BCUT2D eigenvalue weighted by Gasteiger charge is 2.55. The van der Waals surface area contributed by atoms with Crippen LogP contribution in [0.1, 0.15) is 38.7 Å². The summed E-state index contributed by atoms with van der Waals surface area (Å²) in [6.07, 6.45) is 2.28. The number of hydrogen-bond donors (Lipinski definition) is 2. The molecule has 1 heterocycles. The van der Waals surface area contributed by atoms with Gasteiger partial charge < -0.3 is 5.32 Å². The third kappa shape index (κ3) is 2.90. The lowest BCUT2D eigenvalue weighted by molar-refractivity contribution is -0.385. The topological polar surface area (TPSA) is 113 Å². The number of nitrogens with zero attached hydrogens (tertiary/aromatic N) is 1. The number of nitrogens with one attached hydrogen (secondary N) is 2. The van der Waals surface area contributed by atoms with E-state index in [2.05, 4.69) is 5.32 Å². The molecule has 1 aromatic carbocycles. The van der Waals surface area contributed by atoms with Crippen molar-refractivity contribution in [2.75, 3.05) is 5.75 Å². The van der Waals surface area contributed by atoms with Crippen LogP contribution in [0.25, 0.3) is 0 Å². The lowest BCUT2D eigenvalue weighted by Crippen LogP contribution is -2.65. The molecular weight excluding hydrogens is 349 g/mol. The van der Waals surface area contributed by atoms with Crippen LogP contribution >= 0.6 is 0 Å². The van der Waals surface area contributed by atoms with E-state index < -0.39 is 36.6 Å². The fourth-order valence-corrected chi connectivity index (χ4v) is 5.59. The van der Waals surface area contributed by atoms with Gasteiger partial charge in [0, 0.05) is 17.7 Å². The molecule has 1 saturated heterocycles. The number of sulfone groups is 1. The standard InChI is InChI=1S/C16H20FN3O4S/c1-15(12-7-11(20(21)22)5-6-13(12)17)9-25(23,24)16(2,14(18)19-15)8-10-3-4-10/h5-7,10H,3-4,8-9H2,1-2H3,(H2,18,19)/t15-,16-/m0/s1. The first-order valence-corrected chi connectivity index (χ1v) is 9.68. The molecule has 0 radical (unpaired) electrons. The molecule has 0 spiro atoms. The van der Waals surface area contributed by atoms with Crippen molar-refractivity contribution in [1.82, 2.24) is 5.32 Å². The summed E-state index contributed by atoms with van der Waals surface area (Å²) in [5.41, 5.74) is -1.88. The van der Waals surface area contributed by atoms with Crippen LogP contribution in [-0.4, -0.2) is 29.7 Å². The van der Waals surface area contributed by atoms with Gasteiger partial charge in [0.05, 0.1) is 16.2 Å². The minimum absolute atomic E-state index is 0.122. The number of rotatable bonds is 4. The van der Waals surface area contributed by atoms with Gasteiger partial charge in [0.15, 0.2) is 9.84 Å². The molecule has 1 aromatic rings. The number of hydrogen-bond acceptors (Lipinski definition) is 5. The minimum atomic E-state index is -3.76. The second-order valence-electron chi connectivity index (χ2n) is 7.39. The molecule has 7 nitrogen and oxygen atoms in total. The summed E-state index contributed by atoms with van der Waals surface area (Å²) in [6, 6.07) is 3.02. The van der Waals surface area contributed by atoms with Crippen LogP contribution in [0.3, 0.4) is 0 Å². The highest BCUT2D eigenvalue weighted by atomic mass is 32.2. The second-order valence-corrected chi connectivity index (χ2v) is 9.81. The van der Waals surface area contributed by atoms with Crippen molar-refractivity contribution in [2.45, 2.75) is 43.4 Å². The van der Waals surface area contributed by atoms with Gasteiger partial charge in [-0.15, -0.1) is 0 Å². The molecule has 136 valence electrons. The molecule has 2 aliphatic rings. The average Bonchev–Trinajstić information content (AvgIpc) is 3.28. The Bertz CT molecular complexity index is 868. The molecule has 2 fully saturated rings. The Balaban J connectivity index is 2.03. The average molecular weight is 369 g/mol. The highest BCUT2D eigenvalue weighted by Crippen LogP contribution is 2.44. The zero-order chi connectivity index (χ0) is 18.6. The van der Waals surface area contributed by atoms with Gasteiger partial charge in [0.25, 0.3) is 5.69 Å². The smallest absolute Gasteiger partial charge is 0.269 e. The molecule has 0 unspecified atom stereocenters. The lowest BCUT2D eigenvalue weighted by atomic mass is 9.90. The van der Waals surface area contributed by atoms with E-state index in [0.29, 0.717) is 12.3 Å². The van der Waals surface area contributed by atoms with Crippen molar-refractivity contribution in [1.29, 1.82) is 5.41 Å². The molecular formula is C16H20FN3O4S. The number of non-ortho nitro benzene ring substituents is 1. The third-order valence-electron chi connectivity index (χ3n) is 5.23. The Morgan fingerprint density at radius 2 is 2.04 bits per heavy atom. The van der Waals surface area contributed by atoms with Crippen LogP contribution in [0, 0.1) is 27.3 Å². The van der Waals surface area contributed by atoms with Crippen molar-refractivity contribution in [3.8, 4) is 0 Å². The fourth-order valence-electron chi connectivity index (χ4n) is 3.44. The molecule has 1 aliphatic carbocycles. The normalized spacial score (nSPS) is 31.4. The molecule has 1 saturated carbocycles. The summed E-state index contributed by atoms with van der Waals surface area (Å²) < 4.78 is 38.9. The monoisotopic (exact) mass is 369 g/mol. The summed E-state index contributed by atoms with van der Waals surface area (Å²) in [7, 11) is -3.76. The van der Waals surface area contributed by atoms with E-state index in [0.717, 1.165) is 31.0 Å². The predicted molar refractivity (Wildman–Crippen MR) is 90.8 cm³/mol. The maximum Gasteiger partial charge on any atom is 0.269 e. The lowest BCUT2D eigenvalue weighted by Gasteiger charge is -2.44. The molecule has 0 aromatic heterocycles. The van der Waals surface area contributed by atoms with Gasteiger partial charge in [0.2, 0.25) is 0 Å². The van der Waals surface area contributed by atoms with E-state index in [-0.39, 0.29) is 17.1 Å². The Morgan fingerprint density at radius 3 is 2.56 bits per heavy atom. The SMILES string of the molecule is C[C@]1(CC2CC2)C(=N)N[C@](C)(c2cc([N+](=O)[O-])ccc2F)CS1(=O)=O. The summed E-state index contributed by atoms with van der Waals surface area (Å²) in [5, 5.41) is 22.1. The minimum Gasteiger partial charge on any atom is -0.362 e. The van der Waals surface area contributed by atoms with E-state index in [1.165, 1.54) is 13.8 Å². The zero-order valence-corrected chi connectivity index (χ0v) is 14.8. The molecule has 25 heavy (non-hydrogen) atoms. The Labute approximate surface area is 145 Å². The quantitative estimate of drug-likeness (QED) is 0.625. The van der Waals surface area contributed by atoms with Gasteiger partial charge in [0.1, 0.15) is 16.4 Å². The molecule has 2 atom stereocenters. The first kappa shape index (κ1) is 17.8. The number of benzene rings is 1. The maximum absolute atomic E-state index is 14.3. The van der Waals surface area contributed by atoms with E-state index in [4.69, 9.17) is 5.41 Å². The molecule has 0 bridgehead atoms. The number of halogens is 1. The zero-order valence-electron chi connectivity index (χ0n) is 14.0. The summed E-state index contributed by atoms with van der Waals surface area (Å²) >= 11 is 0. The van der Waals surface area contributed by atoms with Crippen molar-refractivity contribution in [3.63, 3.8) is 0 Å². The van der Waals surface area contributed by atoms with Gasteiger partial charge in [-0.25, -0.2) is 12.8 Å². The highest BCUT2D eigenvalue weighted by molar-refractivity contribution is 7.93. The van der Waals surface area contributed by atoms with E-state index >= 15 is 0 Å². The van der Waals surface area contributed by atoms with Gasteiger partial charge >= 0.3 is 0 Å². The Morgan fingerprint density at radius 1 is 1.40 bits per heavy atom. The molecule has 2 N–H and O–H groups in total. The van der Waals surface area contributed by atoms with Crippen molar-refractivity contribution in [3.05, 3.63) is 39.7 Å². The van der Waals surface area contributed by atoms with Crippen molar-refractivity contribution >= 4 is 21.4 Å². The Kier molecular flexibility index (Phi) is 3.90. The molecule has 3 rings (SSSR count). The van der Waals surface area contributed by atoms with Crippen LogP contribution in [0.4, 0.5) is 10.1 Å². The molecule has 0 amide bonds. The largest absolute Gasteiger partial charge is 0.362 e. The summed E-state index contributed by atoms with van der Waals surface area (Å²) in [6.45, 7) is 2.98. The van der Waals surface area contributed by atoms with Crippen molar-refractivity contribution < 1.29 is 17.7 Å². The van der Waals surface area contributed by atoms with E-state index in [1.54, 1.807) is 0 Å². The number of nitro groups is 1. The molecule has 9 heteroatoms. The van der Waals surface area contributed by atoms with Gasteiger partial charge in [-0.3, -0.25) is 15.5 Å². The van der Waals surface area contributed by atoms with Crippen molar-refractivity contribution in [2.24, 2.45) is 5.92 Å². The maximum atomic E-state index is 14.3. The summed E-state index contributed by atoms with van der Waals surface area (Å²) in [5.74, 6) is -1.06. The van der Waals surface area contributed by atoms with Crippen LogP contribution in [-0.2, 0) is 15.4 Å². The number of nitro benzene ring substituents is 1. The van der Waals surface area contributed by atoms with E-state index in [1.807, 2.05) is 0 Å². The van der Waals surface area contributed by atoms with Crippen LogP contribution in [0.15, 0.2) is 18.2 Å². The first-order chi connectivity index (χ1) is 11.5. The van der Waals surface area contributed by atoms with Crippen LogP contribution in [0.5, 0.6) is 0 Å². The third-order valence-corrected chi connectivity index (χ3v) is 7.93. The van der Waals surface area contributed by atoms with Crippen LogP contribution in [0.2, 0.25) is 0 Å². The Hall–Kier alpha value is -2.03. The van der Waals surface area contributed by atoms with Gasteiger partial charge in [-0.05, 0) is 32.3 Å².